The van der Waals surface area contributed by atoms with Crippen LogP contribution < -0.4 is 5.32 Å². The molecule has 15 heavy (non-hydrogen) atoms. The van der Waals surface area contributed by atoms with Gasteiger partial charge in [0.1, 0.15) is 0 Å². The predicted molar refractivity (Wildman–Crippen MR) is 65.9 cm³/mol. The lowest BCUT2D eigenvalue weighted by Crippen LogP contribution is -2.32. The number of thioether (sulfide) groups is 1. The number of aliphatic hydroxyl groups excluding tert-OH is 1. The number of hydrogen-bond acceptors (Lipinski definition) is 3. The zero-order chi connectivity index (χ0) is 10.8. The number of halogens is 1. The van der Waals surface area contributed by atoms with E-state index in [0.717, 1.165) is 17.1 Å². The van der Waals surface area contributed by atoms with Gasteiger partial charge in [0, 0.05) is 33.5 Å². The Morgan fingerprint density at radius 3 is 3.07 bits per heavy atom. The van der Waals surface area contributed by atoms with Gasteiger partial charge in [-0.05, 0) is 31.5 Å². The number of anilines is 1. The van der Waals surface area contributed by atoms with Gasteiger partial charge >= 0.3 is 0 Å². The average molecular weight is 244 g/mol. The van der Waals surface area contributed by atoms with Crippen molar-refractivity contribution in [3.05, 3.63) is 23.2 Å². The van der Waals surface area contributed by atoms with Crippen LogP contribution in [0.5, 0.6) is 0 Å². The Hall–Kier alpha value is -0.380. The minimum Gasteiger partial charge on any atom is -0.396 e. The summed E-state index contributed by atoms with van der Waals surface area (Å²) in [6.45, 7) is 2.38. The number of rotatable bonds is 2. The largest absolute Gasteiger partial charge is 0.396 e. The van der Waals surface area contributed by atoms with E-state index in [-0.39, 0.29) is 6.61 Å². The minimum absolute atomic E-state index is 0.236. The van der Waals surface area contributed by atoms with E-state index in [1.165, 1.54) is 4.90 Å². The van der Waals surface area contributed by atoms with E-state index in [2.05, 4.69) is 12.2 Å². The van der Waals surface area contributed by atoms with Crippen molar-refractivity contribution in [1.29, 1.82) is 0 Å². The molecule has 4 heteroatoms. The molecule has 2 nitrogen and oxygen atoms in total. The number of aliphatic hydroxyl groups is 1. The molecule has 1 heterocycles. The summed E-state index contributed by atoms with van der Waals surface area (Å²) >= 11 is 7.74. The van der Waals surface area contributed by atoms with Crippen LogP contribution in [0.3, 0.4) is 0 Å². The molecule has 0 aliphatic carbocycles. The Bertz CT molecular complexity index is 358. The number of hydrogen-bond donors (Lipinski definition) is 2. The number of benzene rings is 1. The highest BCUT2D eigenvalue weighted by Crippen LogP contribution is 2.40. The molecule has 0 spiro atoms. The van der Waals surface area contributed by atoms with E-state index in [4.69, 9.17) is 16.7 Å². The SMILES string of the molecule is CC1Nc2ccc(Cl)cc2SC1CCO. The highest BCUT2D eigenvalue weighted by atomic mass is 35.5. The monoisotopic (exact) mass is 243 g/mol. The molecule has 2 rings (SSSR count). The summed E-state index contributed by atoms with van der Waals surface area (Å²) in [7, 11) is 0. The van der Waals surface area contributed by atoms with Crippen LogP contribution in [0.4, 0.5) is 5.69 Å². The maximum absolute atomic E-state index is 8.97. The first kappa shape index (κ1) is 11.1. The molecule has 2 unspecified atom stereocenters. The summed E-state index contributed by atoms with van der Waals surface area (Å²) in [4.78, 5) is 1.18. The van der Waals surface area contributed by atoms with Crippen molar-refractivity contribution in [2.75, 3.05) is 11.9 Å². The van der Waals surface area contributed by atoms with Crippen LogP contribution in [-0.2, 0) is 0 Å². The molecule has 82 valence electrons. The normalized spacial score (nSPS) is 24.5. The Labute approximate surface area is 99.0 Å². The second-order valence-electron chi connectivity index (χ2n) is 3.74. The summed E-state index contributed by atoms with van der Waals surface area (Å²) in [6.07, 6.45) is 0.810. The van der Waals surface area contributed by atoms with Crippen LogP contribution >= 0.6 is 23.4 Å². The number of fused-ring (bicyclic) bond motifs is 1. The Morgan fingerprint density at radius 1 is 1.53 bits per heavy atom. The molecular weight excluding hydrogens is 230 g/mol. The van der Waals surface area contributed by atoms with Gasteiger partial charge < -0.3 is 10.4 Å². The molecule has 0 bridgehead atoms. The van der Waals surface area contributed by atoms with E-state index in [0.29, 0.717) is 11.3 Å². The Kier molecular flexibility index (Phi) is 3.44. The summed E-state index contributed by atoms with van der Waals surface area (Å²) < 4.78 is 0. The Morgan fingerprint density at radius 2 is 2.33 bits per heavy atom. The summed E-state index contributed by atoms with van der Waals surface area (Å²) in [6, 6.07) is 6.27. The molecular formula is C11H14ClNOS. The second kappa shape index (κ2) is 4.64. The van der Waals surface area contributed by atoms with Gasteiger partial charge in [-0.15, -0.1) is 11.8 Å². The lowest BCUT2D eigenvalue weighted by Gasteiger charge is -2.31. The van der Waals surface area contributed by atoms with Crippen molar-refractivity contribution >= 4 is 29.1 Å². The van der Waals surface area contributed by atoms with Crippen molar-refractivity contribution in [2.24, 2.45) is 0 Å². The molecule has 0 radical (unpaired) electrons. The number of nitrogens with one attached hydrogen (secondary N) is 1. The molecule has 2 N–H and O–H groups in total. The highest BCUT2D eigenvalue weighted by molar-refractivity contribution is 8.00. The first-order valence-corrected chi connectivity index (χ1v) is 6.30. The van der Waals surface area contributed by atoms with Crippen LogP contribution in [0.2, 0.25) is 5.02 Å². The molecule has 0 saturated heterocycles. The molecule has 1 aromatic carbocycles. The third-order valence-electron chi connectivity index (χ3n) is 2.58. The third-order valence-corrected chi connectivity index (χ3v) is 4.35. The minimum atomic E-state index is 0.236. The van der Waals surface area contributed by atoms with Crippen molar-refractivity contribution < 1.29 is 5.11 Å². The van der Waals surface area contributed by atoms with Crippen LogP contribution in [0.25, 0.3) is 0 Å². The van der Waals surface area contributed by atoms with Gasteiger partial charge in [-0.25, -0.2) is 0 Å². The van der Waals surface area contributed by atoms with Gasteiger partial charge in [0.05, 0.1) is 0 Å². The van der Waals surface area contributed by atoms with Gasteiger partial charge in [0.2, 0.25) is 0 Å². The predicted octanol–water partition coefficient (Wildman–Crippen LogP) is 3.00. The summed E-state index contributed by atoms with van der Waals surface area (Å²) in [5.41, 5.74) is 1.14. The lowest BCUT2D eigenvalue weighted by atomic mass is 10.1. The quantitative estimate of drug-likeness (QED) is 0.838. The summed E-state index contributed by atoms with van der Waals surface area (Å²) in [5.74, 6) is 0. The van der Waals surface area contributed by atoms with Crippen LogP contribution in [0.1, 0.15) is 13.3 Å². The molecule has 0 saturated carbocycles. The van der Waals surface area contributed by atoms with Gasteiger partial charge in [-0.3, -0.25) is 0 Å². The standard InChI is InChI=1S/C11H14ClNOS/c1-7-10(4-5-14)15-11-6-8(12)2-3-9(11)13-7/h2-3,6-7,10,13-14H,4-5H2,1H3. The van der Waals surface area contributed by atoms with E-state index in [1.54, 1.807) is 11.8 Å². The van der Waals surface area contributed by atoms with Crippen LogP contribution in [0, 0.1) is 0 Å². The molecule has 0 aromatic heterocycles. The van der Waals surface area contributed by atoms with E-state index >= 15 is 0 Å². The zero-order valence-electron chi connectivity index (χ0n) is 8.53. The smallest absolute Gasteiger partial charge is 0.0481 e. The van der Waals surface area contributed by atoms with Crippen molar-refractivity contribution in [2.45, 2.75) is 29.5 Å². The van der Waals surface area contributed by atoms with Crippen LogP contribution in [0.15, 0.2) is 23.1 Å². The van der Waals surface area contributed by atoms with E-state index in [9.17, 15) is 0 Å². The van der Waals surface area contributed by atoms with Gasteiger partial charge in [0.25, 0.3) is 0 Å². The van der Waals surface area contributed by atoms with Gasteiger partial charge in [0.15, 0.2) is 0 Å². The molecule has 0 amide bonds. The molecule has 1 aromatic rings. The topological polar surface area (TPSA) is 32.3 Å². The van der Waals surface area contributed by atoms with E-state index in [1.807, 2.05) is 18.2 Å². The lowest BCUT2D eigenvalue weighted by molar-refractivity contribution is 0.284. The summed E-state index contributed by atoms with van der Waals surface area (Å²) in [5, 5.41) is 13.6. The fourth-order valence-corrected chi connectivity index (χ4v) is 3.26. The molecule has 1 aliphatic heterocycles. The fourth-order valence-electron chi connectivity index (χ4n) is 1.75. The van der Waals surface area contributed by atoms with Crippen molar-refractivity contribution in [3.63, 3.8) is 0 Å². The molecule has 1 aliphatic rings. The fraction of sp³-hybridized carbons (Fsp3) is 0.455. The average Bonchev–Trinajstić information content (AvgIpc) is 2.20. The van der Waals surface area contributed by atoms with Crippen LogP contribution in [-0.4, -0.2) is 23.0 Å². The maximum Gasteiger partial charge on any atom is 0.0481 e. The van der Waals surface area contributed by atoms with Gasteiger partial charge in [-0.1, -0.05) is 11.6 Å². The first-order chi connectivity index (χ1) is 7.20. The first-order valence-electron chi connectivity index (χ1n) is 5.04. The highest BCUT2D eigenvalue weighted by Gasteiger charge is 2.24. The maximum atomic E-state index is 8.97. The zero-order valence-corrected chi connectivity index (χ0v) is 10.1. The second-order valence-corrected chi connectivity index (χ2v) is 5.46. The van der Waals surface area contributed by atoms with E-state index < -0.39 is 0 Å². The molecule has 0 fully saturated rings. The van der Waals surface area contributed by atoms with Crippen molar-refractivity contribution in [3.8, 4) is 0 Å². The Balaban J connectivity index is 2.22. The van der Waals surface area contributed by atoms with Crippen molar-refractivity contribution in [1.82, 2.24) is 0 Å². The third kappa shape index (κ3) is 2.41. The van der Waals surface area contributed by atoms with Gasteiger partial charge in [-0.2, -0.15) is 0 Å². The molecule has 2 atom stereocenters.